The molecule has 1 aliphatic carbocycles. The third-order valence-corrected chi connectivity index (χ3v) is 6.05. The Morgan fingerprint density at radius 3 is 2.92 bits per heavy atom. The topological polar surface area (TPSA) is 69.7 Å². The number of nitrogens with one attached hydrogen (secondary N) is 1. The van der Waals surface area contributed by atoms with Gasteiger partial charge in [-0.3, -0.25) is 14.5 Å². The molecule has 1 saturated carbocycles. The number of imide groups is 1. The molecule has 24 heavy (non-hydrogen) atoms. The first kappa shape index (κ1) is 17.0. The van der Waals surface area contributed by atoms with Crippen molar-refractivity contribution < 1.29 is 14.4 Å². The van der Waals surface area contributed by atoms with E-state index in [4.69, 9.17) is 0 Å². The fraction of sp³-hybridized carbons (Fsp3) is 0.588. The Hall–Kier alpha value is -1.89. The van der Waals surface area contributed by atoms with E-state index in [1.807, 2.05) is 24.4 Å². The highest BCUT2D eigenvalue weighted by Crippen LogP contribution is 2.38. The van der Waals surface area contributed by atoms with Crippen LogP contribution in [0, 0.1) is 5.92 Å². The molecule has 0 aromatic carbocycles. The maximum Gasteiger partial charge on any atom is 0.325 e. The molecule has 1 saturated heterocycles. The molecule has 0 radical (unpaired) electrons. The van der Waals surface area contributed by atoms with Crippen molar-refractivity contribution >= 4 is 29.2 Å². The number of hydrogen-bond donors (Lipinski definition) is 1. The fourth-order valence-electron chi connectivity index (χ4n) is 3.62. The average Bonchev–Trinajstić information content (AvgIpc) is 3.13. The summed E-state index contributed by atoms with van der Waals surface area (Å²) in [6, 6.07) is 3.46. The van der Waals surface area contributed by atoms with E-state index < -0.39 is 11.6 Å². The van der Waals surface area contributed by atoms with Gasteiger partial charge in [-0.15, -0.1) is 11.3 Å². The van der Waals surface area contributed by atoms with Gasteiger partial charge in [0.15, 0.2) is 0 Å². The lowest BCUT2D eigenvalue weighted by Gasteiger charge is -2.36. The number of carbonyl (C=O) groups excluding carboxylic acids is 3. The van der Waals surface area contributed by atoms with Gasteiger partial charge in [-0.1, -0.05) is 25.8 Å². The fourth-order valence-corrected chi connectivity index (χ4v) is 4.38. The molecule has 4 amide bonds. The van der Waals surface area contributed by atoms with Gasteiger partial charge in [0.25, 0.3) is 5.91 Å². The van der Waals surface area contributed by atoms with Crippen LogP contribution in [0.5, 0.6) is 0 Å². The number of hydrogen-bond acceptors (Lipinski definition) is 4. The minimum absolute atomic E-state index is 0.103. The first-order chi connectivity index (χ1) is 11.4. The minimum Gasteiger partial charge on any atom is -0.339 e. The molecule has 1 aliphatic heterocycles. The molecule has 1 spiro atoms. The molecule has 7 heteroatoms. The highest BCUT2D eigenvalue weighted by molar-refractivity contribution is 7.09. The summed E-state index contributed by atoms with van der Waals surface area (Å²) >= 11 is 1.58. The lowest BCUT2D eigenvalue weighted by atomic mass is 9.73. The zero-order valence-electron chi connectivity index (χ0n) is 14.1. The lowest BCUT2D eigenvalue weighted by Crippen LogP contribution is -2.54. The zero-order valence-corrected chi connectivity index (χ0v) is 14.9. The largest absolute Gasteiger partial charge is 0.339 e. The number of amides is 4. The van der Waals surface area contributed by atoms with E-state index in [2.05, 4.69) is 5.32 Å². The van der Waals surface area contributed by atoms with Crippen molar-refractivity contribution in [3.8, 4) is 0 Å². The van der Waals surface area contributed by atoms with E-state index in [9.17, 15) is 14.4 Å². The molecule has 0 unspecified atom stereocenters. The number of rotatable bonds is 4. The summed E-state index contributed by atoms with van der Waals surface area (Å²) < 4.78 is 0. The molecule has 2 aliphatic rings. The van der Waals surface area contributed by atoms with E-state index in [0.717, 1.165) is 29.0 Å². The van der Waals surface area contributed by atoms with Crippen LogP contribution in [0.1, 0.15) is 37.5 Å². The number of likely N-dealkylation sites (N-methyl/N-ethyl adjacent to an activating group) is 1. The summed E-state index contributed by atoms with van der Waals surface area (Å²) in [4.78, 5) is 41.3. The highest BCUT2D eigenvalue weighted by Gasteiger charge is 2.55. The Labute approximate surface area is 145 Å². The molecule has 0 bridgehead atoms. The van der Waals surface area contributed by atoms with Crippen molar-refractivity contribution in [1.82, 2.24) is 15.1 Å². The molecule has 2 heterocycles. The third kappa shape index (κ3) is 2.92. The molecular weight excluding hydrogens is 326 g/mol. The predicted molar refractivity (Wildman–Crippen MR) is 91.4 cm³/mol. The number of urea groups is 1. The van der Waals surface area contributed by atoms with Crippen LogP contribution >= 0.6 is 11.3 Å². The maximum absolute atomic E-state index is 12.9. The van der Waals surface area contributed by atoms with Gasteiger partial charge < -0.3 is 10.2 Å². The second-order valence-corrected chi connectivity index (χ2v) is 7.80. The Bertz CT molecular complexity index is 646. The van der Waals surface area contributed by atoms with Crippen LogP contribution < -0.4 is 5.32 Å². The van der Waals surface area contributed by atoms with Crippen LogP contribution in [0.4, 0.5) is 4.79 Å². The summed E-state index contributed by atoms with van der Waals surface area (Å²) in [7, 11) is 1.69. The average molecular weight is 349 g/mol. The van der Waals surface area contributed by atoms with Gasteiger partial charge in [0.2, 0.25) is 5.91 Å². The van der Waals surface area contributed by atoms with E-state index in [-0.39, 0.29) is 24.3 Å². The second kappa shape index (κ2) is 6.55. The van der Waals surface area contributed by atoms with E-state index >= 15 is 0 Å². The number of nitrogens with zero attached hydrogens (tertiary/aromatic N) is 2. The van der Waals surface area contributed by atoms with E-state index in [0.29, 0.717) is 13.0 Å². The minimum atomic E-state index is -0.804. The van der Waals surface area contributed by atoms with Crippen molar-refractivity contribution in [3.05, 3.63) is 22.4 Å². The van der Waals surface area contributed by atoms with Crippen molar-refractivity contribution in [2.45, 2.75) is 44.7 Å². The molecule has 2 atom stereocenters. The third-order valence-electron chi connectivity index (χ3n) is 5.19. The van der Waals surface area contributed by atoms with Gasteiger partial charge in [0.05, 0.1) is 6.54 Å². The van der Waals surface area contributed by atoms with Crippen molar-refractivity contribution in [1.29, 1.82) is 0 Å². The summed E-state index contributed by atoms with van der Waals surface area (Å²) in [5, 5.41) is 4.84. The summed E-state index contributed by atoms with van der Waals surface area (Å²) in [5.74, 6) is -0.364. The summed E-state index contributed by atoms with van der Waals surface area (Å²) in [6.45, 7) is 2.30. The van der Waals surface area contributed by atoms with Crippen LogP contribution in [-0.4, -0.2) is 46.8 Å². The molecule has 1 aromatic rings. The van der Waals surface area contributed by atoms with Gasteiger partial charge in [-0.2, -0.15) is 0 Å². The monoisotopic (exact) mass is 349 g/mol. The number of carbonyl (C=O) groups is 3. The zero-order chi connectivity index (χ0) is 17.3. The van der Waals surface area contributed by atoms with Crippen LogP contribution in [-0.2, 0) is 16.1 Å². The van der Waals surface area contributed by atoms with Crippen LogP contribution in [0.25, 0.3) is 0 Å². The maximum atomic E-state index is 12.9. The first-order valence-electron chi connectivity index (χ1n) is 8.34. The molecule has 1 N–H and O–H groups in total. The van der Waals surface area contributed by atoms with Gasteiger partial charge in [-0.05, 0) is 30.2 Å². The molecular formula is C17H23N3O3S. The molecule has 6 nitrogen and oxygen atoms in total. The first-order valence-corrected chi connectivity index (χ1v) is 9.22. The van der Waals surface area contributed by atoms with Crippen molar-refractivity contribution in [2.75, 3.05) is 13.6 Å². The summed E-state index contributed by atoms with van der Waals surface area (Å²) in [5.41, 5.74) is -0.804. The molecule has 130 valence electrons. The quantitative estimate of drug-likeness (QED) is 0.847. The van der Waals surface area contributed by atoms with Gasteiger partial charge in [-0.25, -0.2) is 4.79 Å². The second-order valence-electron chi connectivity index (χ2n) is 6.77. The Morgan fingerprint density at radius 1 is 1.46 bits per heavy atom. The van der Waals surface area contributed by atoms with E-state index in [1.54, 1.807) is 23.3 Å². The Balaban J connectivity index is 1.67. The molecule has 1 aromatic heterocycles. The Kier molecular flexibility index (Phi) is 4.62. The SMILES string of the molecule is C[C@H]1CCCC[C@]12NC(=O)N(CC(=O)N(C)Cc1cccs1)C2=O. The van der Waals surface area contributed by atoms with Crippen molar-refractivity contribution in [2.24, 2.45) is 5.92 Å². The summed E-state index contributed by atoms with van der Waals surface area (Å²) in [6.07, 6.45) is 3.59. The predicted octanol–water partition coefficient (Wildman–Crippen LogP) is 2.21. The highest BCUT2D eigenvalue weighted by atomic mass is 32.1. The van der Waals surface area contributed by atoms with E-state index in [1.165, 1.54) is 0 Å². The number of thiophene rings is 1. The van der Waals surface area contributed by atoms with Gasteiger partial charge in [0, 0.05) is 11.9 Å². The molecule has 2 fully saturated rings. The Morgan fingerprint density at radius 2 is 2.25 bits per heavy atom. The standard InChI is InChI=1S/C17H23N3O3S/c1-12-6-3-4-8-17(12)15(22)20(16(23)18-17)11-14(21)19(2)10-13-7-5-9-24-13/h5,7,9,12H,3-4,6,8,10-11H2,1-2H3,(H,18,23)/t12-,17-/m0/s1. The van der Waals surface area contributed by atoms with Crippen LogP contribution in [0.2, 0.25) is 0 Å². The normalized spacial score (nSPS) is 26.8. The van der Waals surface area contributed by atoms with Crippen molar-refractivity contribution in [3.63, 3.8) is 0 Å². The van der Waals surface area contributed by atoms with Crippen LogP contribution in [0.15, 0.2) is 17.5 Å². The smallest absolute Gasteiger partial charge is 0.325 e. The lowest BCUT2D eigenvalue weighted by molar-refractivity contribution is -0.140. The van der Waals surface area contributed by atoms with Crippen LogP contribution in [0.3, 0.4) is 0 Å². The van der Waals surface area contributed by atoms with Gasteiger partial charge in [0.1, 0.15) is 12.1 Å². The van der Waals surface area contributed by atoms with Gasteiger partial charge >= 0.3 is 6.03 Å². The molecule has 3 rings (SSSR count).